The molecule has 0 N–H and O–H groups in total. The van der Waals surface area contributed by atoms with Crippen LogP contribution in [0.15, 0.2) is 97.1 Å². The number of fused-ring (bicyclic) bond motifs is 1. The van der Waals surface area contributed by atoms with E-state index >= 15 is 0 Å². The van der Waals surface area contributed by atoms with Gasteiger partial charge in [0.15, 0.2) is 12.1 Å². The van der Waals surface area contributed by atoms with E-state index in [1.54, 1.807) is 0 Å². The van der Waals surface area contributed by atoms with Gasteiger partial charge in [-0.25, -0.2) is 0 Å². The molecule has 1 saturated carbocycles. The van der Waals surface area contributed by atoms with E-state index in [-0.39, 0.29) is 41.5 Å². The molecular weight excluding hydrogens is 652 g/mol. The van der Waals surface area contributed by atoms with Crippen molar-refractivity contribution >= 4 is 30.3 Å². The Morgan fingerprint density at radius 1 is 0.918 bits per heavy atom. The molecule has 3 aliphatic rings. The van der Waals surface area contributed by atoms with Gasteiger partial charge >= 0.3 is 0 Å². The van der Waals surface area contributed by atoms with Crippen LogP contribution in [-0.2, 0) is 23.4 Å². The number of ether oxygens (including phenoxy) is 5. The second kappa shape index (κ2) is 15.8. The molecule has 6 nitrogen and oxygen atoms in total. The van der Waals surface area contributed by atoms with Gasteiger partial charge in [-0.05, 0) is 79.6 Å². The first-order chi connectivity index (χ1) is 23.5. The van der Waals surface area contributed by atoms with E-state index in [1.807, 2.05) is 38.1 Å². The van der Waals surface area contributed by atoms with E-state index in [0.29, 0.717) is 24.0 Å². The average molecular weight is 705 g/mol. The molecule has 3 aromatic rings. The van der Waals surface area contributed by atoms with Gasteiger partial charge in [-0.1, -0.05) is 111 Å². The lowest BCUT2D eigenvalue weighted by Crippen LogP contribution is -2.68. The number of halogens is 1. The number of rotatable bonds is 11. The minimum absolute atomic E-state index is 0.0172. The summed E-state index contributed by atoms with van der Waals surface area (Å²) in [4.78, 5) is 0. The fourth-order valence-corrected chi connectivity index (χ4v) is 12.6. The molecule has 0 bridgehead atoms. The molecule has 2 aliphatic heterocycles. The molecule has 0 radical (unpaired) electrons. The van der Waals surface area contributed by atoms with Gasteiger partial charge in [0.05, 0.1) is 24.9 Å². The maximum Gasteiger partial charge on any atom is 0.262 e. The van der Waals surface area contributed by atoms with E-state index in [0.717, 1.165) is 38.7 Å². The van der Waals surface area contributed by atoms with Crippen molar-refractivity contribution in [3.8, 4) is 5.75 Å². The van der Waals surface area contributed by atoms with Gasteiger partial charge < -0.3 is 28.1 Å². The standard InChI is InChI=1S/C41H53ClO6Si/c1-40(2,3)49(33-17-8-6-9-18-33,34-19-10-7-11-20-34)48-32(28-44-31-16-14-15-30(42)27-31)22-23-35-36-29-45-41(4,5)47-38(36)25-24-37(35)46-39-21-12-13-26-43-39/h6-11,14-20,22-23,27,32,35-39H,12-13,21,24-26,28-29H2,1-5H3/b23-22+/t32?,35-,36-,37-,38+,39?/m1/s1. The summed E-state index contributed by atoms with van der Waals surface area (Å²) in [6.45, 7) is 12.6. The minimum Gasteiger partial charge on any atom is -0.491 e. The van der Waals surface area contributed by atoms with Crippen molar-refractivity contribution in [1.82, 2.24) is 0 Å². The smallest absolute Gasteiger partial charge is 0.262 e. The van der Waals surface area contributed by atoms with Crippen LogP contribution in [0.3, 0.4) is 0 Å². The molecule has 2 saturated heterocycles. The van der Waals surface area contributed by atoms with Gasteiger partial charge in [-0.3, -0.25) is 0 Å². The van der Waals surface area contributed by atoms with Crippen LogP contribution in [0.4, 0.5) is 0 Å². The summed E-state index contributed by atoms with van der Waals surface area (Å²) < 4.78 is 39.7. The zero-order chi connectivity index (χ0) is 34.5. The monoisotopic (exact) mass is 704 g/mol. The van der Waals surface area contributed by atoms with Crippen LogP contribution in [0.2, 0.25) is 10.1 Å². The third-order valence-electron chi connectivity index (χ3n) is 10.2. The SMILES string of the molecule is CC1(C)OC[C@@H]2[C@@H](/C=C/C(COc3cccc(Cl)c3)O[Si](c3ccccc3)(c3ccccc3)C(C)(C)C)[C@H](OC3CCCCO3)CC[C@@H]2O1. The van der Waals surface area contributed by atoms with Gasteiger partial charge in [-0.2, -0.15) is 0 Å². The number of benzene rings is 3. The van der Waals surface area contributed by atoms with Crippen molar-refractivity contribution in [2.24, 2.45) is 11.8 Å². The average Bonchev–Trinajstić information content (AvgIpc) is 3.09. The second-order valence-electron chi connectivity index (χ2n) is 15.1. The fourth-order valence-electron chi connectivity index (χ4n) is 7.79. The van der Waals surface area contributed by atoms with Crippen LogP contribution in [-0.4, -0.2) is 58.5 Å². The Bertz CT molecular complexity index is 1460. The molecule has 2 unspecified atom stereocenters. The van der Waals surface area contributed by atoms with E-state index in [9.17, 15) is 0 Å². The van der Waals surface area contributed by atoms with Gasteiger partial charge in [0.25, 0.3) is 8.32 Å². The van der Waals surface area contributed by atoms with Gasteiger partial charge in [-0.15, -0.1) is 0 Å². The molecule has 2 heterocycles. The van der Waals surface area contributed by atoms with Crippen LogP contribution in [0, 0.1) is 11.8 Å². The first kappa shape index (κ1) is 36.3. The lowest BCUT2D eigenvalue weighted by atomic mass is 9.74. The van der Waals surface area contributed by atoms with Crippen molar-refractivity contribution in [2.75, 3.05) is 19.8 Å². The summed E-state index contributed by atoms with van der Waals surface area (Å²) in [5.41, 5.74) is 0. The Balaban J connectivity index is 1.38. The lowest BCUT2D eigenvalue weighted by molar-refractivity contribution is -0.314. The Labute approximate surface area is 299 Å². The molecule has 0 spiro atoms. The highest BCUT2D eigenvalue weighted by Crippen LogP contribution is 2.42. The highest BCUT2D eigenvalue weighted by atomic mass is 35.5. The molecule has 0 aromatic heterocycles. The predicted molar refractivity (Wildman–Crippen MR) is 198 cm³/mol. The summed E-state index contributed by atoms with van der Waals surface area (Å²) in [5, 5.41) is 2.88. The highest BCUT2D eigenvalue weighted by molar-refractivity contribution is 6.99. The van der Waals surface area contributed by atoms with Gasteiger partial charge in [0, 0.05) is 23.5 Å². The first-order valence-corrected chi connectivity index (χ1v) is 20.3. The topological polar surface area (TPSA) is 55.4 Å². The first-order valence-electron chi connectivity index (χ1n) is 18.0. The Hall–Kier alpha value is -2.49. The number of hydrogen-bond acceptors (Lipinski definition) is 6. The normalized spacial score (nSPS) is 26.6. The fraction of sp³-hybridized carbons (Fsp3) is 0.512. The summed E-state index contributed by atoms with van der Waals surface area (Å²) in [6.07, 6.45) is 9.00. The predicted octanol–water partition coefficient (Wildman–Crippen LogP) is 8.31. The Kier molecular flexibility index (Phi) is 11.7. The molecular formula is C41H53ClO6Si. The molecule has 6 rings (SSSR count). The second-order valence-corrected chi connectivity index (χ2v) is 19.8. The molecule has 6 atom stereocenters. The maximum atomic E-state index is 7.64. The van der Waals surface area contributed by atoms with Crippen molar-refractivity contribution in [1.29, 1.82) is 0 Å². The summed E-state index contributed by atoms with van der Waals surface area (Å²) in [5.74, 6) is 0.308. The van der Waals surface area contributed by atoms with Crippen LogP contribution in [0.1, 0.15) is 66.7 Å². The molecule has 0 amide bonds. The van der Waals surface area contributed by atoms with Crippen molar-refractivity contribution in [3.05, 3.63) is 102 Å². The van der Waals surface area contributed by atoms with Crippen molar-refractivity contribution < 1.29 is 28.1 Å². The van der Waals surface area contributed by atoms with Gasteiger partial charge in [0.2, 0.25) is 0 Å². The number of hydrogen-bond donors (Lipinski definition) is 0. The van der Waals surface area contributed by atoms with Crippen molar-refractivity contribution in [3.63, 3.8) is 0 Å². The van der Waals surface area contributed by atoms with E-state index in [2.05, 4.69) is 93.6 Å². The van der Waals surface area contributed by atoms with Crippen LogP contribution in [0.25, 0.3) is 0 Å². The molecule has 3 fully saturated rings. The minimum atomic E-state index is -2.91. The van der Waals surface area contributed by atoms with E-state index in [1.165, 1.54) is 10.4 Å². The highest BCUT2D eigenvalue weighted by Gasteiger charge is 2.52. The molecule has 8 heteroatoms. The molecule has 264 valence electrons. The molecule has 1 aliphatic carbocycles. The van der Waals surface area contributed by atoms with Crippen LogP contribution < -0.4 is 15.1 Å². The van der Waals surface area contributed by atoms with Crippen LogP contribution in [0.5, 0.6) is 5.75 Å². The quantitative estimate of drug-likeness (QED) is 0.148. The zero-order valence-electron chi connectivity index (χ0n) is 29.7. The Morgan fingerprint density at radius 2 is 1.63 bits per heavy atom. The van der Waals surface area contributed by atoms with E-state index in [4.69, 9.17) is 39.7 Å². The Morgan fingerprint density at radius 3 is 2.27 bits per heavy atom. The third-order valence-corrected chi connectivity index (χ3v) is 15.5. The maximum absolute atomic E-state index is 7.64. The van der Waals surface area contributed by atoms with Crippen LogP contribution >= 0.6 is 11.6 Å². The lowest BCUT2D eigenvalue weighted by Gasteiger charge is -2.49. The summed E-state index contributed by atoms with van der Waals surface area (Å²) >= 11 is 6.36. The molecule has 3 aromatic carbocycles. The third kappa shape index (κ3) is 8.70. The summed E-state index contributed by atoms with van der Waals surface area (Å²) in [6, 6.07) is 29.1. The van der Waals surface area contributed by atoms with Gasteiger partial charge in [0.1, 0.15) is 12.4 Å². The summed E-state index contributed by atoms with van der Waals surface area (Å²) in [7, 11) is -2.91. The zero-order valence-corrected chi connectivity index (χ0v) is 31.4. The largest absolute Gasteiger partial charge is 0.491 e. The van der Waals surface area contributed by atoms with E-state index < -0.39 is 14.1 Å². The molecule has 49 heavy (non-hydrogen) atoms. The van der Waals surface area contributed by atoms with Crippen molar-refractivity contribution in [2.45, 2.75) is 102 Å².